The van der Waals surface area contributed by atoms with E-state index in [1.54, 1.807) is 0 Å². The number of rotatable bonds is 3. The summed E-state index contributed by atoms with van der Waals surface area (Å²) in [6.07, 6.45) is -1.22. The Hall–Kier alpha value is -0.780. The molecule has 0 aliphatic heterocycles. The number of nitrogens with one attached hydrogen (secondary N) is 1. The van der Waals surface area contributed by atoms with Crippen LogP contribution in [-0.2, 0) is 0 Å². The van der Waals surface area contributed by atoms with E-state index in [0.29, 0.717) is 25.2 Å². The molecule has 0 saturated heterocycles. The van der Waals surface area contributed by atoms with Gasteiger partial charge >= 0.3 is 6.18 Å². The standard InChI is InChI=1S/C11H20F3N3/c1-2-7-16-10(17-15)8-5-3-4-6-9(8)11(12,13)14/h8-9H,2-7,15H2,1H3,(H,16,17). The maximum atomic E-state index is 12.9. The molecule has 1 aliphatic carbocycles. The Labute approximate surface area is 99.6 Å². The van der Waals surface area contributed by atoms with Crippen molar-refractivity contribution < 1.29 is 13.2 Å². The van der Waals surface area contributed by atoms with Crippen molar-refractivity contribution in [2.45, 2.75) is 45.2 Å². The fraction of sp³-hybridized carbons (Fsp3) is 0.909. The highest BCUT2D eigenvalue weighted by atomic mass is 19.4. The number of hydrogen-bond donors (Lipinski definition) is 2. The molecular formula is C11H20F3N3. The first-order chi connectivity index (χ1) is 8.00. The van der Waals surface area contributed by atoms with Crippen LogP contribution >= 0.6 is 0 Å². The van der Waals surface area contributed by atoms with Gasteiger partial charge in [-0.15, -0.1) is 0 Å². The minimum atomic E-state index is -4.16. The first-order valence-corrected chi connectivity index (χ1v) is 6.08. The maximum Gasteiger partial charge on any atom is 0.392 e. The van der Waals surface area contributed by atoms with Gasteiger partial charge in [-0.3, -0.25) is 4.99 Å². The van der Waals surface area contributed by atoms with Gasteiger partial charge in [-0.05, 0) is 19.3 Å². The highest BCUT2D eigenvalue weighted by Gasteiger charge is 2.47. The summed E-state index contributed by atoms with van der Waals surface area (Å²) in [4.78, 5) is 4.13. The molecule has 0 aromatic rings. The molecule has 17 heavy (non-hydrogen) atoms. The summed E-state index contributed by atoms with van der Waals surface area (Å²) < 4.78 is 38.7. The Morgan fingerprint density at radius 2 is 2.00 bits per heavy atom. The normalized spacial score (nSPS) is 27.0. The molecule has 100 valence electrons. The van der Waals surface area contributed by atoms with Crippen LogP contribution < -0.4 is 11.3 Å². The zero-order valence-electron chi connectivity index (χ0n) is 10.1. The largest absolute Gasteiger partial charge is 0.392 e. The summed E-state index contributed by atoms with van der Waals surface area (Å²) in [5, 5.41) is 0. The van der Waals surface area contributed by atoms with Crippen molar-refractivity contribution >= 4 is 5.84 Å². The van der Waals surface area contributed by atoms with Crippen LogP contribution in [0.2, 0.25) is 0 Å². The van der Waals surface area contributed by atoms with E-state index in [0.717, 1.165) is 12.8 Å². The number of nitrogens with zero attached hydrogens (tertiary/aromatic N) is 1. The van der Waals surface area contributed by atoms with E-state index >= 15 is 0 Å². The molecule has 2 unspecified atom stereocenters. The fourth-order valence-corrected chi connectivity index (χ4v) is 2.35. The van der Waals surface area contributed by atoms with Crippen molar-refractivity contribution in [3.63, 3.8) is 0 Å². The lowest BCUT2D eigenvalue weighted by Crippen LogP contribution is -2.45. The first kappa shape index (κ1) is 14.3. The van der Waals surface area contributed by atoms with E-state index in [1.807, 2.05) is 6.92 Å². The van der Waals surface area contributed by atoms with Crippen LogP contribution in [0.5, 0.6) is 0 Å². The number of nitrogens with two attached hydrogens (primary N) is 1. The van der Waals surface area contributed by atoms with Gasteiger partial charge in [0.05, 0.1) is 5.92 Å². The van der Waals surface area contributed by atoms with Gasteiger partial charge in [0.15, 0.2) is 0 Å². The predicted octanol–water partition coefficient (Wildman–Crippen LogP) is 2.63. The monoisotopic (exact) mass is 251 g/mol. The Morgan fingerprint density at radius 1 is 1.35 bits per heavy atom. The average Bonchev–Trinajstić information content (AvgIpc) is 2.29. The van der Waals surface area contributed by atoms with Crippen molar-refractivity contribution in [1.82, 2.24) is 5.43 Å². The molecule has 1 fully saturated rings. The Kier molecular flexibility index (Phi) is 5.24. The lowest BCUT2D eigenvalue weighted by atomic mass is 9.78. The van der Waals surface area contributed by atoms with Gasteiger partial charge in [-0.2, -0.15) is 13.2 Å². The minimum absolute atomic E-state index is 0.182. The van der Waals surface area contributed by atoms with Gasteiger partial charge in [0.25, 0.3) is 0 Å². The topological polar surface area (TPSA) is 50.4 Å². The molecule has 3 N–H and O–H groups in total. The summed E-state index contributed by atoms with van der Waals surface area (Å²) in [5.74, 6) is 3.72. The van der Waals surface area contributed by atoms with Gasteiger partial charge in [0.2, 0.25) is 0 Å². The second kappa shape index (κ2) is 6.23. The summed E-state index contributed by atoms with van der Waals surface area (Å²) in [7, 11) is 0. The van der Waals surface area contributed by atoms with Gasteiger partial charge in [-0.1, -0.05) is 19.8 Å². The van der Waals surface area contributed by atoms with E-state index in [-0.39, 0.29) is 6.42 Å². The third-order valence-corrected chi connectivity index (χ3v) is 3.19. The van der Waals surface area contributed by atoms with Crippen molar-refractivity contribution in [2.24, 2.45) is 22.7 Å². The molecule has 2 atom stereocenters. The molecule has 0 aromatic carbocycles. The molecule has 0 bridgehead atoms. The summed E-state index contributed by atoms with van der Waals surface area (Å²) >= 11 is 0. The van der Waals surface area contributed by atoms with Crippen LogP contribution in [0.4, 0.5) is 13.2 Å². The third-order valence-electron chi connectivity index (χ3n) is 3.19. The van der Waals surface area contributed by atoms with Crippen LogP contribution in [0, 0.1) is 11.8 Å². The molecule has 1 saturated carbocycles. The predicted molar refractivity (Wildman–Crippen MR) is 61.4 cm³/mol. The SMILES string of the molecule is CCCN=C(NN)C1CCCCC1C(F)(F)F. The molecule has 1 rings (SSSR count). The zero-order chi connectivity index (χ0) is 12.9. The molecule has 0 heterocycles. The number of aliphatic imine (C=N–C) groups is 1. The molecule has 0 spiro atoms. The van der Waals surface area contributed by atoms with Gasteiger partial charge < -0.3 is 5.43 Å². The second-order valence-corrected chi connectivity index (χ2v) is 4.45. The molecule has 0 amide bonds. The first-order valence-electron chi connectivity index (χ1n) is 6.08. The summed E-state index contributed by atoms with van der Waals surface area (Å²) in [6, 6.07) is 0. The number of hydrogen-bond acceptors (Lipinski definition) is 2. The zero-order valence-corrected chi connectivity index (χ0v) is 10.1. The van der Waals surface area contributed by atoms with Crippen LogP contribution in [0.3, 0.4) is 0 Å². The van der Waals surface area contributed by atoms with Crippen LogP contribution in [0.25, 0.3) is 0 Å². The van der Waals surface area contributed by atoms with E-state index in [4.69, 9.17) is 5.84 Å². The van der Waals surface area contributed by atoms with Gasteiger partial charge in [0.1, 0.15) is 5.84 Å². The Morgan fingerprint density at radius 3 is 2.53 bits per heavy atom. The molecule has 0 radical (unpaired) electrons. The van der Waals surface area contributed by atoms with Gasteiger partial charge in [0, 0.05) is 12.5 Å². The van der Waals surface area contributed by atoms with Crippen molar-refractivity contribution in [3.8, 4) is 0 Å². The van der Waals surface area contributed by atoms with E-state index in [1.165, 1.54) is 0 Å². The van der Waals surface area contributed by atoms with E-state index in [2.05, 4.69) is 10.4 Å². The number of amidine groups is 1. The van der Waals surface area contributed by atoms with E-state index < -0.39 is 18.0 Å². The minimum Gasteiger partial charge on any atom is -0.312 e. The molecule has 3 nitrogen and oxygen atoms in total. The average molecular weight is 251 g/mol. The molecule has 6 heteroatoms. The van der Waals surface area contributed by atoms with Crippen molar-refractivity contribution in [1.29, 1.82) is 0 Å². The Balaban J connectivity index is 2.82. The van der Waals surface area contributed by atoms with Crippen molar-refractivity contribution in [2.75, 3.05) is 6.54 Å². The number of halogens is 3. The van der Waals surface area contributed by atoms with Gasteiger partial charge in [-0.25, -0.2) is 5.84 Å². The lowest BCUT2D eigenvalue weighted by Gasteiger charge is -2.33. The smallest absolute Gasteiger partial charge is 0.312 e. The Bertz CT molecular complexity index is 263. The summed E-state index contributed by atoms with van der Waals surface area (Å²) in [6.45, 7) is 2.44. The van der Waals surface area contributed by atoms with Crippen LogP contribution in [0.1, 0.15) is 39.0 Å². The second-order valence-electron chi connectivity index (χ2n) is 4.45. The quantitative estimate of drug-likeness (QED) is 0.350. The number of hydrazine groups is 1. The lowest BCUT2D eigenvalue weighted by molar-refractivity contribution is -0.189. The highest BCUT2D eigenvalue weighted by molar-refractivity contribution is 5.84. The van der Waals surface area contributed by atoms with Crippen molar-refractivity contribution in [3.05, 3.63) is 0 Å². The van der Waals surface area contributed by atoms with Crippen LogP contribution in [0.15, 0.2) is 4.99 Å². The van der Waals surface area contributed by atoms with Crippen LogP contribution in [-0.4, -0.2) is 18.6 Å². The molecule has 0 aromatic heterocycles. The fourth-order valence-electron chi connectivity index (χ4n) is 2.35. The highest BCUT2D eigenvalue weighted by Crippen LogP contribution is 2.41. The molecule has 1 aliphatic rings. The maximum absolute atomic E-state index is 12.9. The molecular weight excluding hydrogens is 231 g/mol. The third kappa shape index (κ3) is 3.87. The number of alkyl halides is 3. The van der Waals surface area contributed by atoms with E-state index in [9.17, 15) is 13.2 Å². The summed E-state index contributed by atoms with van der Waals surface area (Å²) in [5.41, 5.74) is 2.36.